The van der Waals surface area contributed by atoms with Crippen LogP contribution in [0.1, 0.15) is 17.0 Å². The maximum absolute atomic E-state index is 13.3. The zero-order chi connectivity index (χ0) is 19.3. The molecule has 136 valence electrons. The first-order chi connectivity index (χ1) is 12.9. The van der Waals surface area contributed by atoms with Gasteiger partial charge in [0.2, 0.25) is 5.88 Å². The zero-order valence-electron chi connectivity index (χ0n) is 14.2. The molecule has 2 heterocycles. The minimum atomic E-state index is -3.95. The number of ether oxygens (including phenoxy) is 1. The van der Waals surface area contributed by atoms with Crippen molar-refractivity contribution in [1.82, 2.24) is 0 Å². The molecule has 0 aromatic heterocycles. The fourth-order valence-electron chi connectivity index (χ4n) is 3.41. The lowest BCUT2D eigenvalue weighted by Gasteiger charge is -2.36. The summed E-state index contributed by atoms with van der Waals surface area (Å²) in [5.74, 6) is -0.876. The van der Waals surface area contributed by atoms with Gasteiger partial charge in [0.1, 0.15) is 16.5 Å². The average Bonchev–Trinajstić information content (AvgIpc) is 2.65. The molecule has 2 aliphatic rings. The summed E-state index contributed by atoms with van der Waals surface area (Å²) in [4.78, 5) is -0.0169. The first-order valence-electron chi connectivity index (χ1n) is 8.02. The first-order valence-corrected chi connectivity index (χ1v) is 9.83. The van der Waals surface area contributed by atoms with E-state index in [9.17, 15) is 13.7 Å². The number of para-hydroxylation sites is 1. The highest BCUT2D eigenvalue weighted by molar-refractivity contribution is 7.96. The quantitative estimate of drug-likeness (QED) is 0.793. The van der Waals surface area contributed by atoms with Gasteiger partial charge in [0, 0.05) is 17.6 Å². The molecule has 2 aliphatic heterocycles. The smallest absolute Gasteiger partial charge is 0.264 e. The van der Waals surface area contributed by atoms with Crippen molar-refractivity contribution in [3.8, 4) is 6.07 Å². The van der Waals surface area contributed by atoms with Gasteiger partial charge in [0.15, 0.2) is 5.76 Å². The number of hydrogen-bond acceptors (Lipinski definition) is 5. The van der Waals surface area contributed by atoms with Gasteiger partial charge in [-0.3, -0.25) is 4.31 Å². The highest BCUT2D eigenvalue weighted by atomic mass is 35.5. The molecule has 0 saturated heterocycles. The van der Waals surface area contributed by atoms with E-state index in [1.54, 1.807) is 48.5 Å². The second kappa shape index (κ2) is 6.05. The van der Waals surface area contributed by atoms with Gasteiger partial charge in [-0.2, -0.15) is 5.26 Å². The molecule has 6 nitrogen and oxygen atoms in total. The fourth-order valence-corrected chi connectivity index (χ4v) is 5.26. The van der Waals surface area contributed by atoms with Gasteiger partial charge in [0.25, 0.3) is 10.0 Å². The molecule has 4 rings (SSSR count). The topological polar surface area (TPSA) is 96.4 Å². The summed E-state index contributed by atoms with van der Waals surface area (Å²) < 4.78 is 33.5. The number of benzene rings is 2. The van der Waals surface area contributed by atoms with Crippen molar-refractivity contribution in [3.63, 3.8) is 0 Å². The maximum atomic E-state index is 13.3. The van der Waals surface area contributed by atoms with E-state index in [4.69, 9.17) is 22.1 Å². The monoisotopic (exact) mass is 399 g/mol. The molecule has 0 unspecified atom stereocenters. The molecule has 0 aliphatic carbocycles. The predicted octanol–water partition coefficient (Wildman–Crippen LogP) is 3.30. The number of nitrogens with zero attached hydrogens (tertiary/aromatic N) is 2. The van der Waals surface area contributed by atoms with Crippen LogP contribution in [0.5, 0.6) is 0 Å². The van der Waals surface area contributed by atoms with E-state index < -0.39 is 15.9 Å². The molecule has 0 bridgehead atoms. The Morgan fingerprint density at radius 1 is 1.22 bits per heavy atom. The van der Waals surface area contributed by atoms with Crippen molar-refractivity contribution >= 4 is 33.1 Å². The minimum absolute atomic E-state index is 0.0169. The Balaban J connectivity index is 2.09. The van der Waals surface area contributed by atoms with Crippen LogP contribution in [0.3, 0.4) is 0 Å². The fraction of sp³-hybridized carbons (Fsp3) is 0.105. The summed E-state index contributed by atoms with van der Waals surface area (Å²) in [5, 5.41) is 10.1. The summed E-state index contributed by atoms with van der Waals surface area (Å²) in [6.07, 6.45) is 0. The highest BCUT2D eigenvalue weighted by Gasteiger charge is 2.46. The van der Waals surface area contributed by atoms with Gasteiger partial charge in [0.05, 0.1) is 11.6 Å². The summed E-state index contributed by atoms with van der Waals surface area (Å²) >= 11 is 6.11. The van der Waals surface area contributed by atoms with E-state index in [-0.39, 0.29) is 22.1 Å². The van der Waals surface area contributed by atoms with Crippen LogP contribution in [0.25, 0.3) is 5.76 Å². The summed E-state index contributed by atoms with van der Waals surface area (Å²) in [7, 11) is -2.48. The van der Waals surface area contributed by atoms with Crippen molar-refractivity contribution < 1.29 is 13.2 Å². The molecule has 2 N–H and O–H groups in total. The lowest BCUT2D eigenvalue weighted by atomic mass is 9.88. The van der Waals surface area contributed by atoms with Crippen molar-refractivity contribution in [1.29, 1.82) is 5.26 Å². The Labute approximate surface area is 161 Å². The van der Waals surface area contributed by atoms with Gasteiger partial charge >= 0.3 is 0 Å². The lowest BCUT2D eigenvalue weighted by Crippen LogP contribution is -2.37. The number of fused-ring (bicyclic) bond motifs is 2. The molecule has 1 atom stereocenters. The number of anilines is 1. The molecule has 0 spiro atoms. The number of nitrogens with two attached hydrogens (primary N) is 1. The highest BCUT2D eigenvalue weighted by Crippen LogP contribution is 2.50. The third kappa shape index (κ3) is 2.49. The van der Waals surface area contributed by atoms with Gasteiger partial charge in [-0.15, -0.1) is 0 Å². The number of sulfonamides is 1. The van der Waals surface area contributed by atoms with Gasteiger partial charge in [-0.1, -0.05) is 35.9 Å². The van der Waals surface area contributed by atoms with Crippen LogP contribution in [0.15, 0.2) is 64.9 Å². The normalized spacial score (nSPS) is 20.5. The minimum Gasteiger partial charge on any atom is -0.439 e. The van der Waals surface area contributed by atoms with E-state index in [0.717, 1.165) is 0 Å². The van der Waals surface area contributed by atoms with Crippen LogP contribution >= 0.6 is 11.6 Å². The van der Waals surface area contributed by atoms with E-state index >= 15 is 0 Å². The summed E-state index contributed by atoms with van der Waals surface area (Å²) in [5.41, 5.74) is 7.66. The molecule has 0 saturated carbocycles. The molecule has 0 amide bonds. The average molecular weight is 400 g/mol. The van der Waals surface area contributed by atoms with E-state index in [2.05, 4.69) is 0 Å². The number of nitriles is 1. The van der Waals surface area contributed by atoms with E-state index in [1.807, 2.05) is 6.07 Å². The predicted molar refractivity (Wildman–Crippen MR) is 103 cm³/mol. The van der Waals surface area contributed by atoms with Crippen LogP contribution in [-0.4, -0.2) is 15.5 Å². The van der Waals surface area contributed by atoms with Crippen molar-refractivity contribution in [2.24, 2.45) is 5.73 Å². The van der Waals surface area contributed by atoms with Crippen LogP contribution in [0.4, 0.5) is 5.69 Å². The van der Waals surface area contributed by atoms with Gasteiger partial charge in [-0.05, 0) is 29.8 Å². The SMILES string of the molecule is CN1c2ccccc2C2=C([C@@H](c3cccc(Cl)c3)C(C#N)=C(N)O2)S1(=O)=O. The molecule has 2 aromatic rings. The third-order valence-electron chi connectivity index (χ3n) is 4.68. The Bertz CT molecular complexity index is 1180. The van der Waals surface area contributed by atoms with Gasteiger partial charge in [-0.25, -0.2) is 8.42 Å². The number of allylic oxidation sites excluding steroid dienone is 2. The van der Waals surface area contributed by atoms with Crippen molar-refractivity contribution in [2.75, 3.05) is 11.4 Å². The number of hydrogen-bond donors (Lipinski definition) is 1. The summed E-state index contributed by atoms with van der Waals surface area (Å²) in [6, 6.07) is 15.7. The molecule has 0 fully saturated rings. The maximum Gasteiger partial charge on any atom is 0.264 e. The molecular formula is C19H14ClN3O3S. The number of halogens is 1. The van der Waals surface area contributed by atoms with E-state index in [0.29, 0.717) is 21.8 Å². The standard InChI is InChI=1S/C19H14ClN3O3S/c1-23-15-8-3-2-7-13(15)17-18(27(23,24)25)16(14(10-21)19(22)26-17)11-5-4-6-12(20)9-11/h2-9,16H,22H2,1H3/t16-/m0/s1. The van der Waals surface area contributed by atoms with E-state index in [1.165, 1.54) is 11.4 Å². The summed E-state index contributed by atoms with van der Waals surface area (Å²) in [6.45, 7) is 0. The Morgan fingerprint density at radius 3 is 2.67 bits per heavy atom. The molecule has 0 radical (unpaired) electrons. The Morgan fingerprint density at radius 2 is 1.96 bits per heavy atom. The molecule has 2 aromatic carbocycles. The lowest BCUT2D eigenvalue weighted by molar-refractivity contribution is 0.357. The van der Waals surface area contributed by atoms with Crippen LogP contribution in [0.2, 0.25) is 5.02 Å². The molecular weight excluding hydrogens is 386 g/mol. The Hall–Kier alpha value is -2.95. The molecule has 8 heteroatoms. The van der Waals surface area contributed by atoms with Crippen LogP contribution < -0.4 is 10.0 Å². The first kappa shape index (κ1) is 17.5. The van der Waals surface area contributed by atoms with Crippen LogP contribution in [-0.2, 0) is 14.8 Å². The number of rotatable bonds is 1. The van der Waals surface area contributed by atoms with Crippen molar-refractivity contribution in [3.05, 3.63) is 81.0 Å². The second-order valence-electron chi connectivity index (χ2n) is 6.16. The van der Waals surface area contributed by atoms with Crippen molar-refractivity contribution in [2.45, 2.75) is 5.92 Å². The van der Waals surface area contributed by atoms with Gasteiger partial charge < -0.3 is 10.5 Å². The largest absolute Gasteiger partial charge is 0.439 e. The zero-order valence-corrected chi connectivity index (χ0v) is 15.8. The van der Waals surface area contributed by atoms with Crippen LogP contribution in [0, 0.1) is 11.3 Å². The second-order valence-corrected chi connectivity index (χ2v) is 8.54. The molecule has 27 heavy (non-hydrogen) atoms. The Kier molecular flexibility index (Phi) is 3.91. The third-order valence-corrected chi connectivity index (χ3v) is 6.81.